The van der Waals surface area contributed by atoms with Gasteiger partial charge in [0, 0.05) is 33.3 Å². The summed E-state index contributed by atoms with van der Waals surface area (Å²) >= 11 is 0. The van der Waals surface area contributed by atoms with Crippen molar-refractivity contribution >= 4 is 91.9 Å². The van der Waals surface area contributed by atoms with Gasteiger partial charge < -0.3 is 94.5 Å². The normalized spacial score (nSPS) is 17.1. The smallest absolute Gasteiger partial charge is 0.329 e. The molecule has 3 heterocycles. The van der Waals surface area contributed by atoms with E-state index in [1.54, 1.807) is 84.7 Å². The number of carbonyl (C=O) groups is 13. The standard InChI is InChI=1S/C17H20N2O2.C15H27N3O5.C11H20N2O2.C10H20N2O2.C6H11NO3.C6H11NO.C6H13NO/c1-9(2)16-15(12(5)13(18)8-20)19-14-10(3)6-7-11(4)17(14)21-16;1-10(2)14(18(6)13(21)7-17(4)5)15(22)23-11(3)12(8-19)16-9-20;1-8(2)10(12-3)11(15)13-6-4-5-9(13)7-14;1-8(2)9(7-13)12(5)10(14)6-11(3)4;1-5(10-2)6(3-8)7-4-9;1-7-4-2-3-6(7)5-8;1-5(2)6(4-8)7-3/h6-8H,18H2,1-5H3;8-12,14H,7H2,1-6H3,(H,16,20);7-10,12H,4-6H2,1-3H3;7-9H,6H2,1-5H3;3-6H,1-2H3,(H,7,9);5-6H,2-4H2,1H3;4-7H,1-3H3/b13-12+;;;;;;. The van der Waals surface area contributed by atoms with Crippen LogP contribution in [0.2, 0.25) is 0 Å². The number of ether oxygens (including phenoxy) is 3. The number of allylic oxidation sites excluding steroid dienone is 3. The lowest BCUT2D eigenvalue weighted by Gasteiger charge is -2.31. The molecule has 28 nitrogen and oxygen atoms in total. The lowest BCUT2D eigenvalue weighted by molar-refractivity contribution is -0.161. The van der Waals surface area contributed by atoms with Crippen LogP contribution in [0.5, 0.6) is 5.75 Å². The topological polar surface area (TPSA) is 356 Å². The summed E-state index contributed by atoms with van der Waals surface area (Å²) in [5.74, 6) is 1.28. The third kappa shape index (κ3) is 34.2. The zero-order valence-electron chi connectivity index (χ0n) is 63.8. The van der Waals surface area contributed by atoms with Gasteiger partial charge in [0.05, 0.1) is 55.1 Å². The first-order chi connectivity index (χ1) is 46.3. The molecule has 5 amide bonds. The van der Waals surface area contributed by atoms with Gasteiger partial charge in [-0.1, -0.05) is 67.5 Å². The molecule has 3 aliphatic heterocycles. The molecule has 10 atom stereocenters. The predicted molar refractivity (Wildman–Crippen MR) is 385 cm³/mol. The average Bonchev–Trinajstić information content (AvgIpc) is 1.27. The van der Waals surface area contributed by atoms with E-state index in [-0.39, 0.29) is 84.0 Å². The van der Waals surface area contributed by atoms with Gasteiger partial charge in [0.25, 0.3) is 0 Å². The number of aldehydes is 7. The van der Waals surface area contributed by atoms with Crippen LogP contribution in [0.4, 0.5) is 5.69 Å². The van der Waals surface area contributed by atoms with Crippen LogP contribution >= 0.6 is 0 Å². The first-order valence-electron chi connectivity index (χ1n) is 33.3. The van der Waals surface area contributed by atoms with Gasteiger partial charge in [0.15, 0.2) is 17.8 Å². The van der Waals surface area contributed by atoms with Crippen LogP contribution < -0.4 is 31.7 Å². The van der Waals surface area contributed by atoms with Gasteiger partial charge >= 0.3 is 5.97 Å². The minimum atomic E-state index is -0.924. The van der Waals surface area contributed by atoms with Gasteiger partial charge in [-0.3, -0.25) is 33.7 Å². The van der Waals surface area contributed by atoms with Crippen LogP contribution in [0.1, 0.15) is 127 Å². The highest BCUT2D eigenvalue weighted by atomic mass is 16.5. The van der Waals surface area contributed by atoms with E-state index in [0.717, 1.165) is 79.1 Å². The third-order valence-corrected chi connectivity index (χ3v) is 16.2. The van der Waals surface area contributed by atoms with Crippen molar-refractivity contribution in [1.29, 1.82) is 0 Å². The second kappa shape index (κ2) is 51.4. The quantitative estimate of drug-likeness (QED) is 0.0418. The number of benzene rings is 1. The van der Waals surface area contributed by atoms with Crippen molar-refractivity contribution < 1.29 is 76.5 Å². The number of esters is 1. The molecule has 0 saturated carbocycles. The van der Waals surface area contributed by atoms with Crippen molar-refractivity contribution in [1.82, 2.24) is 50.7 Å². The van der Waals surface area contributed by atoms with Crippen LogP contribution in [0.3, 0.4) is 0 Å². The number of nitrogens with one attached hydrogen (secondary N) is 4. The van der Waals surface area contributed by atoms with E-state index in [2.05, 4.69) is 26.2 Å². The zero-order valence-corrected chi connectivity index (χ0v) is 63.8. The summed E-state index contributed by atoms with van der Waals surface area (Å²) in [5, 5.41) is 10.5. The van der Waals surface area contributed by atoms with Crippen LogP contribution in [0, 0.1) is 37.5 Å². The number of nitrogens with zero attached hydrogens (tertiary/aromatic N) is 7. The summed E-state index contributed by atoms with van der Waals surface area (Å²) < 4.78 is 16.1. The molecule has 0 aliphatic carbocycles. The summed E-state index contributed by atoms with van der Waals surface area (Å²) in [6, 6.07) is 1.33. The molecule has 3 aliphatic rings. The van der Waals surface area contributed by atoms with Crippen molar-refractivity contribution in [2.75, 3.05) is 96.7 Å². The molecular weight excluding hydrogens is 1280 g/mol. The Hall–Kier alpha value is -7.76. The number of likely N-dealkylation sites (tertiary alicyclic amines) is 2. The fourth-order valence-electron chi connectivity index (χ4n) is 9.82. The van der Waals surface area contributed by atoms with Crippen LogP contribution in [0.25, 0.3) is 0 Å². The van der Waals surface area contributed by atoms with E-state index in [0.29, 0.717) is 67.7 Å². The van der Waals surface area contributed by atoms with Crippen molar-refractivity contribution in [3.05, 3.63) is 45.9 Å². The first-order valence-corrected chi connectivity index (χ1v) is 33.3. The molecule has 6 N–H and O–H groups in total. The number of hydrogen-bond donors (Lipinski definition) is 5. The Morgan fingerprint density at radius 2 is 1.13 bits per heavy atom. The maximum absolute atomic E-state index is 12.4. The van der Waals surface area contributed by atoms with Crippen LogP contribution in [-0.4, -0.2) is 273 Å². The van der Waals surface area contributed by atoms with E-state index in [1.807, 2.05) is 103 Å². The molecule has 0 spiro atoms. The highest BCUT2D eigenvalue weighted by molar-refractivity contribution is 6.15. The van der Waals surface area contributed by atoms with Crippen LogP contribution in [-0.2, 0) is 71.8 Å². The van der Waals surface area contributed by atoms with Gasteiger partial charge in [-0.15, -0.1) is 0 Å². The first kappa shape index (κ1) is 95.4. The summed E-state index contributed by atoms with van der Waals surface area (Å²) in [6.07, 6.45) is 9.19. The number of rotatable bonds is 30. The van der Waals surface area contributed by atoms with E-state index >= 15 is 0 Å². The highest BCUT2D eigenvalue weighted by Crippen LogP contribution is 2.41. The Kier molecular flexibility index (Phi) is 49.5. The number of nitrogens with two attached hydrogens (primary N) is 1. The molecule has 99 heavy (non-hydrogen) atoms. The predicted octanol–water partition coefficient (Wildman–Crippen LogP) is 3.46. The molecule has 562 valence electrons. The van der Waals surface area contributed by atoms with E-state index < -0.39 is 30.2 Å². The largest absolute Gasteiger partial charge is 0.458 e. The summed E-state index contributed by atoms with van der Waals surface area (Å²) in [7, 11) is 17.4. The van der Waals surface area contributed by atoms with E-state index in [9.17, 15) is 62.3 Å². The summed E-state index contributed by atoms with van der Waals surface area (Å²) in [4.78, 5) is 157. The number of amides is 5. The molecular formula is C71H122N12O16. The van der Waals surface area contributed by atoms with E-state index in [4.69, 9.17) is 24.9 Å². The molecule has 1 aromatic carbocycles. The van der Waals surface area contributed by atoms with Crippen molar-refractivity contribution in [3.63, 3.8) is 0 Å². The van der Waals surface area contributed by atoms with Gasteiger partial charge in [0.1, 0.15) is 73.3 Å². The van der Waals surface area contributed by atoms with E-state index in [1.165, 1.54) is 30.3 Å². The molecule has 0 aromatic heterocycles. The molecule has 1 aromatic rings. The Morgan fingerprint density at radius 3 is 1.48 bits per heavy atom. The maximum Gasteiger partial charge on any atom is 0.329 e. The molecule has 4 rings (SSSR count). The molecule has 2 fully saturated rings. The number of carbonyl (C=O) groups excluding carboxylic acids is 13. The van der Waals surface area contributed by atoms with Gasteiger partial charge in [-0.05, 0) is 170 Å². The van der Waals surface area contributed by atoms with Crippen molar-refractivity contribution in [3.8, 4) is 5.75 Å². The van der Waals surface area contributed by atoms with Gasteiger partial charge in [-0.25, -0.2) is 9.79 Å². The Balaban J connectivity index is -0.00000112. The molecule has 28 heteroatoms. The van der Waals surface area contributed by atoms with Crippen LogP contribution in [0.15, 0.2) is 39.7 Å². The number of methoxy groups -OCH3 is 1. The summed E-state index contributed by atoms with van der Waals surface area (Å²) in [5.41, 5.74) is 11.0. The number of aliphatic imine (C=N–C) groups is 1. The Labute approximate surface area is 589 Å². The monoisotopic (exact) mass is 1400 g/mol. The third-order valence-electron chi connectivity index (χ3n) is 16.2. The maximum atomic E-state index is 12.4. The number of hydrogen-bond acceptors (Lipinski definition) is 23. The fourth-order valence-corrected chi connectivity index (χ4v) is 9.82. The minimum Gasteiger partial charge on any atom is -0.458 e. The van der Waals surface area contributed by atoms with Gasteiger partial charge in [-0.2, -0.15) is 0 Å². The highest BCUT2D eigenvalue weighted by Gasteiger charge is 2.35. The van der Waals surface area contributed by atoms with Crippen molar-refractivity contribution in [2.45, 2.75) is 190 Å². The average molecular weight is 1400 g/mol. The Bertz CT molecular complexity index is 2780. The SMILES string of the molecule is CC(C)=C1Oc2c(C)ccc(C)c2N=C1/C(C)=C(/N)C=O.CC(C)C(C(=O)OC(C)C(C=O)NC=O)N(C)C(=O)CN(C)C.CC(C)C(C=O)N(C)C(=O)CN(C)C.CN1CCCC1C=O.CNC(C(=O)N1CCCC1C=O)C(C)C.CNC(C=O)C(C)C.COC(C)C(C=O)NC=O. The summed E-state index contributed by atoms with van der Waals surface area (Å²) in [6.45, 7) is 30.7. The minimum absolute atomic E-state index is 0.0231. The van der Waals surface area contributed by atoms with Crippen molar-refractivity contribution in [2.24, 2.45) is 34.4 Å². The lowest BCUT2D eigenvalue weighted by atomic mass is 10.0. The van der Waals surface area contributed by atoms with Gasteiger partial charge in [0.2, 0.25) is 30.5 Å². The fraction of sp³-hybridized carbons (Fsp3) is 0.662. The molecule has 2 saturated heterocycles. The molecule has 0 radical (unpaired) electrons. The lowest BCUT2D eigenvalue weighted by Crippen LogP contribution is -2.51. The second-order valence-corrected chi connectivity index (χ2v) is 26.4. The zero-order chi connectivity index (χ0) is 77.1. The number of aryl methyl sites for hydroxylation is 2. The molecule has 0 bridgehead atoms. The second-order valence-electron chi connectivity index (χ2n) is 26.4. The molecule has 10 unspecified atom stereocenters. The number of fused-ring (bicyclic) bond motifs is 1. The number of likely N-dealkylation sites (N-methyl/N-ethyl adjacent to an activating group) is 7. The Morgan fingerprint density at radius 1 is 0.646 bits per heavy atom.